The number of rotatable bonds is 3. The van der Waals surface area contributed by atoms with Crippen LogP contribution in [-0.2, 0) is 0 Å². The third kappa shape index (κ3) is 3.03. The molecule has 1 aromatic heterocycles. The summed E-state index contributed by atoms with van der Waals surface area (Å²) in [6, 6.07) is 9.82. The lowest BCUT2D eigenvalue weighted by atomic mass is 10.0. The second-order valence-corrected chi connectivity index (χ2v) is 5.14. The highest BCUT2D eigenvalue weighted by atomic mass is 32.1. The van der Waals surface area contributed by atoms with Crippen molar-refractivity contribution in [2.75, 3.05) is 5.32 Å². The molecule has 98 valence electrons. The average Bonchev–Trinajstić information content (AvgIpc) is 2.91. The summed E-state index contributed by atoms with van der Waals surface area (Å²) in [5, 5.41) is 22.8. The van der Waals surface area contributed by atoms with E-state index < -0.39 is 0 Å². The van der Waals surface area contributed by atoms with Crippen molar-refractivity contribution in [3.63, 3.8) is 0 Å². The molecule has 2 aromatic rings. The number of allylic oxidation sites excluding steroid dienone is 1. The highest BCUT2D eigenvalue weighted by Gasteiger charge is 2.07. The van der Waals surface area contributed by atoms with E-state index in [9.17, 15) is 0 Å². The maximum Gasteiger partial charge on any atom is 0.187 e. The summed E-state index contributed by atoms with van der Waals surface area (Å²) in [5.74, 6) is 0. The molecule has 0 bridgehead atoms. The quantitative estimate of drug-likeness (QED) is 0.869. The molecule has 0 spiro atoms. The van der Waals surface area contributed by atoms with Gasteiger partial charge in [-0.25, -0.2) is 4.98 Å². The van der Waals surface area contributed by atoms with Gasteiger partial charge in [0.1, 0.15) is 17.7 Å². The summed E-state index contributed by atoms with van der Waals surface area (Å²) in [6.07, 6.45) is 1.37. The van der Waals surface area contributed by atoms with Crippen LogP contribution in [0.15, 0.2) is 35.4 Å². The molecule has 0 saturated carbocycles. The first kappa shape index (κ1) is 13.8. The standard InChI is InChI=1S/C15H12N4S/c1-10-3-4-11(2)13(5-10)14-9-20-15(19-14)18-8-12(6-16)7-17/h3-5,8-9H,1-2H3,(H,18,19). The lowest BCUT2D eigenvalue weighted by Gasteiger charge is -2.03. The summed E-state index contributed by atoms with van der Waals surface area (Å²) in [5.41, 5.74) is 4.36. The molecule has 0 saturated heterocycles. The molecular weight excluding hydrogens is 268 g/mol. The Bertz CT molecular complexity index is 728. The zero-order chi connectivity index (χ0) is 14.5. The van der Waals surface area contributed by atoms with Crippen LogP contribution >= 0.6 is 11.3 Å². The van der Waals surface area contributed by atoms with Gasteiger partial charge in [0.15, 0.2) is 5.13 Å². The second-order valence-electron chi connectivity index (χ2n) is 4.28. The van der Waals surface area contributed by atoms with Gasteiger partial charge in [-0.3, -0.25) is 0 Å². The third-order valence-corrected chi connectivity index (χ3v) is 3.53. The number of nitrogens with one attached hydrogen (secondary N) is 1. The molecule has 4 nitrogen and oxygen atoms in total. The molecule has 1 N–H and O–H groups in total. The minimum absolute atomic E-state index is 0.0217. The van der Waals surface area contributed by atoms with Gasteiger partial charge in [-0.05, 0) is 25.5 Å². The molecule has 0 fully saturated rings. The zero-order valence-electron chi connectivity index (χ0n) is 11.1. The number of hydrogen-bond donors (Lipinski definition) is 1. The normalized spacial score (nSPS) is 9.40. The minimum atomic E-state index is 0.0217. The highest BCUT2D eigenvalue weighted by Crippen LogP contribution is 2.28. The van der Waals surface area contributed by atoms with E-state index in [4.69, 9.17) is 10.5 Å². The number of hydrogen-bond acceptors (Lipinski definition) is 5. The van der Waals surface area contributed by atoms with Gasteiger partial charge in [0, 0.05) is 17.1 Å². The summed E-state index contributed by atoms with van der Waals surface area (Å²) < 4.78 is 0. The molecule has 0 aliphatic carbocycles. The van der Waals surface area contributed by atoms with Gasteiger partial charge >= 0.3 is 0 Å². The van der Waals surface area contributed by atoms with Crippen molar-refractivity contribution in [2.45, 2.75) is 13.8 Å². The van der Waals surface area contributed by atoms with E-state index in [-0.39, 0.29) is 5.57 Å². The molecule has 0 atom stereocenters. The van der Waals surface area contributed by atoms with Crippen LogP contribution in [0.3, 0.4) is 0 Å². The Balaban J connectivity index is 2.26. The van der Waals surface area contributed by atoms with Crippen molar-refractivity contribution in [3.8, 4) is 23.4 Å². The Morgan fingerprint density at radius 2 is 2.05 bits per heavy atom. The first-order valence-corrected chi connectivity index (χ1v) is 6.82. The van der Waals surface area contributed by atoms with Gasteiger partial charge in [-0.2, -0.15) is 10.5 Å². The zero-order valence-corrected chi connectivity index (χ0v) is 12.0. The molecule has 0 radical (unpaired) electrons. The molecule has 0 amide bonds. The number of aromatic nitrogens is 1. The van der Waals surface area contributed by atoms with E-state index >= 15 is 0 Å². The number of nitrogens with zero attached hydrogens (tertiary/aromatic N) is 3. The number of benzene rings is 1. The summed E-state index contributed by atoms with van der Waals surface area (Å²) >= 11 is 1.44. The fraction of sp³-hybridized carbons (Fsp3) is 0.133. The molecule has 0 aliphatic rings. The van der Waals surface area contributed by atoms with Gasteiger partial charge in [0.25, 0.3) is 0 Å². The van der Waals surface area contributed by atoms with Crippen LogP contribution < -0.4 is 5.32 Å². The predicted molar refractivity (Wildman–Crippen MR) is 80.0 cm³/mol. The van der Waals surface area contributed by atoms with Crippen LogP contribution in [0, 0.1) is 36.5 Å². The largest absolute Gasteiger partial charge is 0.336 e. The second kappa shape index (κ2) is 6.01. The Hall–Kier alpha value is -2.63. The van der Waals surface area contributed by atoms with Crippen LogP contribution in [0.5, 0.6) is 0 Å². The Morgan fingerprint density at radius 3 is 2.75 bits per heavy atom. The molecule has 0 aliphatic heterocycles. The first-order chi connectivity index (χ1) is 9.63. The summed E-state index contributed by atoms with van der Waals surface area (Å²) in [6.45, 7) is 4.09. The molecule has 20 heavy (non-hydrogen) atoms. The lowest BCUT2D eigenvalue weighted by molar-refractivity contribution is 1.33. The van der Waals surface area contributed by atoms with Crippen LogP contribution in [0.2, 0.25) is 0 Å². The molecule has 1 heterocycles. The van der Waals surface area contributed by atoms with Gasteiger partial charge < -0.3 is 5.32 Å². The van der Waals surface area contributed by atoms with Crippen molar-refractivity contribution in [3.05, 3.63) is 46.5 Å². The minimum Gasteiger partial charge on any atom is -0.336 e. The Labute approximate surface area is 121 Å². The lowest BCUT2D eigenvalue weighted by Crippen LogP contribution is -1.90. The molecular formula is C15H12N4S. The van der Waals surface area contributed by atoms with E-state index in [1.165, 1.54) is 23.1 Å². The summed E-state index contributed by atoms with van der Waals surface area (Å²) in [4.78, 5) is 4.47. The molecule has 0 unspecified atom stereocenters. The van der Waals surface area contributed by atoms with Gasteiger partial charge in [0.05, 0.1) is 5.69 Å². The maximum absolute atomic E-state index is 8.66. The van der Waals surface area contributed by atoms with E-state index in [1.807, 2.05) is 19.2 Å². The fourth-order valence-corrected chi connectivity index (χ4v) is 2.38. The Kier molecular flexibility index (Phi) is 4.14. The predicted octanol–water partition coefficient (Wildman–Crippen LogP) is 3.77. The maximum atomic E-state index is 8.66. The molecule has 1 aromatic carbocycles. The average molecular weight is 280 g/mol. The molecule has 5 heteroatoms. The van der Waals surface area contributed by atoms with Crippen LogP contribution in [0.25, 0.3) is 11.3 Å². The van der Waals surface area contributed by atoms with E-state index in [2.05, 4.69) is 28.5 Å². The Morgan fingerprint density at radius 1 is 1.30 bits per heavy atom. The SMILES string of the molecule is Cc1ccc(C)c(-c2csc(NC=C(C#N)C#N)n2)c1. The number of anilines is 1. The van der Waals surface area contributed by atoms with Gasteiger partial charge in [-0.15, -0.1) is 11.3 Å². The fourth-order valence-electron chi connectivity index (χ4n) is 1.70. The topological polar surface area (TPSA) is 72.5 Å². The van der Waals surface area contributed by atoms with Crippen LogP contribution in [-0.4, -0.2) is 4.98 Å². The number of aryl methyl sites for hydroxylation is 2. The van der Waals surface area contributed by atoms with Crippen molar-refractivity contribution in [1.29, 1.82) is 10.5 Å². The van der Waals surface area contributed by atoms with Crippen LogP contribution in [0.1, 0.15) is 11.1 Å². The third-order valence-electron chi connectivity index (χ3n) is 2.75. The van der Waals surface area contributed by atoms with Gasteiger partial charge in [0.2, 0.25) is 0 Å². The van der Waals surface area contributed by atoms with Crippen molar-refractivity contribution < 1.29 is 0 Å². The smallest absolute Gasteiger partial charge is 0.187 e. The number of nitriles is 2. The number of thiazole rings is 1. The van der Waals surface area contributed by atoms with Crippen molar-refractivity contribution >= 4 is 16.5 Å². The van der Waals surface area contributed by atoms with Gasteiger partial charge in [-0.1, -0.05) is 17.7 Å². The van der Waals surface area contributed by atoms with E-state index in [0.29, 0.717) is 5.13 Å². The van der Waals surface area contributed by atoms with E-state index in [0.717, 1.165) is 16.8 Å². The monoisotopic (exact) mass is 280 g/mol. The highest BCUT2D eigenvalue weighted by molar-refractivity contribution is 7.14. The van der Waals surface area contributed by atoms with Crippen molar-refractivity contribution in [1.82, 2.24) is 4.98 Å². The van der Waals surface area contributed by atoms with E-state index in [1.54, 1.807) is 12.1 Å². The van der Waals surface area contributed by atoms with Crippen molar-refractivity contribution in [2.24, 2.45) is 0 Å². The summed E-state index contributed by atoms with van der Waals surface area (Å²) in [7, 11) is 0. The first-order valence-electron chi connectivity index (χ1n) is 5.94. The van der Waals surface area contributed by atoms with Crippen LogP contribution in [0.4, 0.5) is 5.13 Å². The molecule has 2 rings (SSSR count).